The summed E-state index contributed by atoms with van der Waals surface area (Å²) in [5.74, 6) is -9.28. The van der Waals surface area contributed by atoms with Crippen LogP contribution in [0.2, 0.25) is 0 Å². The van der Waals surface area contributed by atoms with E-state index in [1.807, 2.05) is 0 Å². The van der Waals surface area contributed by atoms with Gasteiger partial charge in [-0.1, -0.05) is 0 Å². The van der Waals surface area contributed by atoms with Crippen LogP contribution in [0.3, 0.4) is 0 Å². The zero-order valence-corrected chi connectivity index (χ0v) is 19.1. The second-order valence-corrected chi connectivity index (χ2v) is 2.91. The first kappa shape index (κ1) is 35.0. The third-order valence-electron chi connectivity index (χ3n) is 1.07. The standard InChI is InChI=1S/3C4H4O4.2In/c3*5-3(6)1-2-4(7)8;;/h3*1-2H,(H,5,6)(H,7,8);;/q;;;2*+3/p-6/b3*2-1+;;. The minimum atomic E-state index is -1.55. The molecule has 0 fully saturated rings. The number of carboxylic acid groups (broad SMARTS) is 6. The van der Waals surface area contributed by atoms with E-state index in [0.29, 0.717) is 36.5 Å². The Labute approximate surface area is 182 Å². The molecule has 0 saturated carbocycles. The van der Waals surface area contributed by atoms with Gasteiger partial charge in [0.25, 0.3) is 0 Å². The second-order valence-electron chi connectivity index (χ2n) is 2.91. The van der Waals surface area contributed by atoms with Gasteiger partial charge in [0.15, 0.2) is 0 Å². The number of carbonyl (C=O) groups excluding carboxylic acids is 6. The molecule has 0 heterocycles. The third kappa shape index (κ3) is 57.6. The maximum atomic E-state index is 9.41. The molecule has 0 aromatic rings. The Hall–Kier alpha value is -2.22. The predicted octanol–water partition coefficient (Wildman–Crippen LogP) is -9.63. The van der Waals surface area contributed by atoms with Crippen molar-refractivity contribution in [2.45, 2.75) is 0 Å². The molecule has 0 bridgehead atoms. The fraction of sp³-hybridized carbons (Fsp3) is 0. The van der Waals surface area contributed by atoms with Crippen LogP contribution in [-0.4, -0.2) is 87.5 Å². The van der Waals surface area contributed by atoms with Crippen molar-refractivity contribution in [1.29, 1.82) is 0 Å². The Kier molecular flexibility index (Phi) is 30.7. The first-order chi connectivity index (χ1) is 10.9. The molecule has 0 aliphatic rings. The van der Waals surface area contributed by atoms with Gasteiger partial charge in [0, 0.05) is 0 Å². The van der Waals surface area contributed by atoms with Crippen LogP contribution in [0, 0.1) is 0 Å². The first-order valence-corrected chi connectivity index (χ1v) is 5.18. The van der Waals surface area contributed by atoms with Crippen LogP contribution < -0.4 is 30.6 Å². The average molecular weight is 572 g/mol. The summed E-state index contributed by atoms with van der Waals surface area (Å²) in [6.07, 6.45) is 2.31. The minimum Gasteiger partial charge on any atom is -0.545 e. The molecule has 0 aromatic carbocycles. The SMILES string of the molecule is O=C([O-])/C=C/C(=O)[O-].O=C([O-])/C=C/C(=O)[O-].O=C([O-])/C=C/C(=O)[O-].[In+3].[In+3]. The molecule has 0 aromatic heterocycles. The fourth-order valence-electron chi connectivity index (χ4n) is 0.408. The van der Waals surface area contributed by atoms with Crippen molar-refractivity contribution in [3.63, 3.8) is 0 Å². The van der Waals surface area contributed by atoms with Gasteiger partial charge in [-0.15, -0.1) is 0 Å². The largest absolute Gasteiger partial charge is 3.00 e. The van der Waals surface area contributed by atoms with Crippen LogP contribution >= 0.6 is 0 Å². The summed E-state index contributed by atoms with van der Waals surface area (Å²) in [4.78, 5) is 56.5. The van der Waals surface area contributed by atoms with Crippen molar-refractivity contribution in [3.8, 4) is 0 Å². The molecule has 0 aliphatic carbocycles. The second kappa shape index (κ2) is 22.8. The van der Waals surface area contributed by atoms with E-state index in [1.165, 1.54) is 0 Å². The summed E-state index contributed by atoms with van der Waals surface area (Å²) in [5.41, 5.74) is 0. The Morgan fingerprint density at radius 1 is 0.346 bits per heavy atom. The van der Waals surface area contributed by atoms with Crippen LogP contribution in [0.5, 0.6) is 0 Å². The van der Waals surface area contributed by atoms with Gasteiger partial charge in [-0.2, -0.15) is 0 Å². The Morgan fingerprint density at radius 3 is 0.462 bits per heavy atom. The average Bonchev–Trinajstić information content (AvgIpc) is 2.42. The van der Waals surface area contributed by atoms with E-state index in [4.69, 9.17) is 0 Å². The fourth-order valence-corrected chi connectivity index (χ4v) is 0.408. The molecule has 12 nitrogen and oxygen atoms in total. The zero-order valence-electron chi connectivity index (χ0n) is 12.5. The maximum absolute atomic E-state index is 9.41. The van der Waals surface area contributed by atoms with Gasteiger partial charge in [0.05, 0.1) is 35.8 Å². The smallest absolute Gasteiger partial charge is 0.545 e. The molecule has 0 aliphatic heterocycles. The molecule has 0 atom stereocenters. The molecule has 0 radical (unpaired) electrons. The van der Waals surface area contributed by atoms with Crippen molar-refractivity contribution >= 4 is 87.5 Å². The number of aliphatic carboxylic acids is 6. The Bertz CT molecular complexity index is 448. The molecular weight excluding hydrogens is 566 g/mol. The molecule has 0 spiro atoms. The van der Waals surface area contributed by atoms with Crippen LogP contribution in [0.25, 0.3) is 0 Å². The molecule has 0 N–H and O–H groups in total. The van der Waals surface area contributed by atoms with Crippen molar-refractivity contribution in [1.82, 2.24) is 0 Å². The van der Waals surface area contributed by atoms with Crippen LogP contribution in [-0.2, 0) is 28.8 Å². The van der Waals surface area contributed by atoms with E-state index < -0.39 is 35.8 Å². The molecule has 132 valence electrons. The number of rotatable bonds is 6. The third-order valence-corrected chi connectivity index (χ3v) is 1.07. The predicted molar refractivity (Wildman–Crippen MR) is 69.0 cm³/mol. The van der Waals surface area contributed by atoms with Gasteiger partial charge in [-0.25, -0.2) is 0 Å². The van der Waals surface area contributed by atoms with Crippen LogP contribution in [0.1, 0.15) is 0 Å². The van der Waals surface area contributed by atoms with E-state index >= 15 is 0 Å². The molecule has 0 amide bonds. The van der Waals surface area contributed by atoms with Crippen molar-refractivity contribution < 1.29 is 59.4 Å². The van der Waals surface area contributed by atoms with E-state index in [9.17, 15) is 59.4 Å². The summed E-state index contributed by atoms with van der Waals surface area (Å²) in [6, 6.07) is 0. The normalized spacial score (nSPS) is 8.77. The van der Waals surface area contributed by atoms with Gasteiger partial charge >= 0.3 is 51.7 Å². The molecule has 0 rings (SSSR count). The quantitative estimate of drug-likeness (QED) is 0.270. The summed E-state index contributed by atoms with van der Waals surface area (Å²) in [5, 5.41) is 56.5. The number of carbonyl (C=O) groups is 6. The van der Waals surface area contributed by atoms with E-state index in [2.05, 4.69) is 0 Å². The summed E-state index contributed by atoms with van der Waals surface area (Å²) >= 11 is 0. The van der Waals surface area contributed by atoms with Crippen molar-refractivity contribution in [3.05, 3.63) is 36.5 Å². The van der Waals surface area contributed by atoms with Crippen molar-refractivity contribution in [2.75, 3.05) is 0 Å². The maximum Gasteiger partial charge on any atom is 3.00 e. The first-order valence-electron chi connectivity index (χ1n) is 5.18. The van der Waals surface area contributed by atoms with Gasteiger partial charge in [-0.3, -0.25) is 0 Å². The minimum absolute atomic E-state index is 0. The monoisotopic (exact) mass is 572 g/mol. The topological polar surface area (TPSA) is 241 Å². The van der Waals surface area contributed by atoms with Crippen LogP contribution in [0.4, 0.5) is 0 Å². The summed E-state index contributed by atoms with van der Waals surface area (Å²) in [6.45, 7) is 0. The zero-order chi connectivity index (χ0) is 19.7. The number of carboxylic acids is 6. The van der Waals surface area contributed by atoms with E-state index in [-0.39, 0.29) is 51.7 Å². The molecule has 0 saturated heterocycles. The summed E-state index contributed by atoms with van der Waals surface area (Å²) < 4.78 is 0. The molecule has 0 unspecified atom stereocenters. The van der Waals surface area contributed by atoms with Gasteiger partial charge in [0.2, 0.25) is 0 Å². The van der Waals surface area contributed by atoms with Crippen molar-refractivity contribution in [2.24, 2.45) is 0 Å². The van der Waals surface area contributed by atoms with E-state index in [0.717, 1.165) is 0 Å². The molecule has 26 heavy (non-hydrogen) atoms. The Morgan fingerprint density at radius 2 is 0.423 bits per heavy atom. The number of hydrogen-bond acceptors (Lipinski definition) is 12. The molecule has 14 heteroatoms. The van der Waals surface area contributed by atoms with Crippen LogP contribution in [0.15, 0.2) is 36.5 Å². The molecular formula is C12H6In2O12. The summed E-state index contributed by atoms with van der Waals surface area (Å²) in [7, 11) is 0. The van der Waals surface area contributed by atoms with Gasteiger partial charge < -0.3 is 59.4 Å². The van der Waals surface area contributed by atoms with E-state index in [1.54, 1.807) is 0 Å². The van der Waals surface area contributed by atoms with Gasteiger partial charge in [-0.05, 0) is 36.5 Å². The van der Waals surface area contributed by atoms with Gasteiger partial charge in [0.1, 0.15) is 0 Å². The Balaban J connectivity index is -0.0000000817. The number of hydrogen-bond donors (Lipinski definition) is 0.